The molecule has 0 saturated heterocycles. The summed E-state index contributed by atoms with van der Waals surface area (Å²) in [5.41, 5.74) is 4.16. The second-order valence-corrected chi connectivity index (χ2v) is 7.70. The Balaban J connectivity index is 1.46. The third-order valence-electron chi connectivity index (χ3n) is 4.62. The van der Waals surface area contributed by atoms with Gasteiger partial charge in [0.2, 0.25) is 0 Å². The van der Waals surface area contributed by atoms with Gasteiger partial charge in [0, 0.05) is 17.5 Å². The molecule has 8 heteroatoms. The smallest absolute Gasteiger partial charge is 0.257 e. The molecule has 0 fully saturated rings. The lowest BCUT2D eigenvalue weighted by molar-refractivity contribution is 0.102. The van der Waals surface area contributed by atoms with Crippen LogP contribution in [0.25, 0.3) is 0 Å². The Morgan fingerprint density at radius 2 is 2.26 bits per heavy atom. The highest BCUT2D eigenvalue weighted by Crippen LogP contribution is 2.24. The fourth-order valence-corrected chi connectivity index (χ4v) is 4.22. The molecule has 0 spiro atoms. The van der Waals surface area contributed by atoms with Crippen molar-refractivity contribution in [3.63, 3.8) is 0 Å². The van der Waals surface area contributed by atoms with Crippen LogP contribution in [0.2, 0.25) is 0 Å². The number of nitrogens with zero attached hydrogens (tertiary/aromatic N) is 3. The maximum atomic E-state index is 12.5. The molecule has 138 valence electrons. The first-order chi connectivity index (χ1) is 13.1. The molecule has 1 aromatic carbocycles. The summed E-state index contributed by atoms with van der Waals surface area (Å²) in [6, 6.07) is 5.95. The van der Waals surface area contributed by atoms with Crippen LogP contribution in [-0.4, -0.2) is 25.7 Å². The van der Waals surface area contributed by atoms with Gasteiger partial charge in [0.1, 0.15) is 5.82 Å². The van der Waals surface area contributed by atoms with Crippen molar-refractivity contribution in [2.45, 2.75) is 32.2 Å². The Bertz CT molecular complexity index is 1060. The van der Waals surface area contributed by atoms with Gasteiger partial charge in [-0.1, -0.05) is 12.1 Å². The number of aromatic nitrogens is 4. The van der Waals surface area contributed by atoms with Crippen LogP contribution in [0.15, 0.2) is 36.2 Å². The SMILES string of the molecule is C=CCn1c(Cc2csc(NC(=O)c3ccc4c(c3)CCC4)n2)n[nH]c1=S. The minimum atomic E-state index is -0.125. The Kier molecular flexibility index (Phi) is 5.00. The molecule has 2 N–H and O–H groups in total. The van der Waals surface area contributed by atoms with Gasteiger partial charge in [0.05, 0.1) is 12.1 Å². The van der Waals surface area contributed by atoms with E-state index in [2.05, 4.69) is 33.1 Å². The quantitative estimate of drug-likeness (QED) is 0.488. The van der Waals surface area contributed by atoms with Crippen molar-refractivity contribution in [1.29, 1.82) is 0 Å². The molecule has 4 rings (SSSR count). The molecule has 27 heavy (non-hydrogen) atoms. The van der Waals surface area contributed by atoms with Crippen molar-refractivity contribution in [2.75, 3.05) is 5.32 Å². The summed E-state index contributed by atoms with van der Waals surface area (Å²) in [6.45, 7) is 4.34. The summed E-state index contributed by atoms with van der Waals surface area (Å²) < 4.78 is 2.44. The standard InChI is InChI=1S/C19H19N5OS2/c1-2-8-24-16(22-23-19(24)26)10-15-11-27-18(20-15)21-17(25)14-7-6-12-4-3-5-13(12)9-14/h2,6-7,9,11H,1,3-5,8,10H2,(H,23,26)(H,20,21,25). The van der Waals surface area contributed by atoms with Gasteiger partial charge in [-0.15, -0.1) is 17.9 Å². The largest absolute Gasteiger partial charge is 0.300 e. The lowest BCUT2D eigenvalue weighted by Gasteiger charge is -2.05. The lowest BCUT2D eigenvalue weighted by Crippen LogP contribution is -2.12. The Morgan fingerprint density at radius 1 is 1.41 bits per heavy atom. The molecule has 2 heterocycles. The Labute approximate surface area is 166 Å². The zero-order valence-electron chi connectivity index (χ0n) is 14.7. The minimum absolute atomic E-state index is 0.125. The topological polar surface area (TPSA) is 75.6 Å². The number of rotatable bonds is 6. The van der Waals surface area contributed by atoms with Crippen molar-refractivity contribution >= 4 is 34.6 Å². The normalized spacial score (nSPS) is 12.7. The molecule has 2 aromatic heterocycles. The first-order valence-corrected chi connectivity index (χ1v) is 10.1. The third-order valence-corrected chi connectivity index (χ3v) is 5.74. The molecule has 1 aliphatic carbocycles. The monoisotopic (exact) mass is 397 g/mol. The van der Waals surface area contributed by atoms with E-state index in [0.29, 0.717) is 28.4 Å². The first-order valence-electron chi connectivity index (χ1n) is 8.76. The van der Waals surface area contributed by atoms with Crippen LogP contribution in [0.4, 0.5) is 5.13 Å². The van der Waals surface area contributed by atoms with Crippen LogP contribution in [0.3, 0.4) is 0 Å². The van der Waals surface area contributed by atoms with Gasteiger partial charge in [0.25, 0.3) is 5.91 Å². The summed E-state index contributed by atoms with van der Waals surface area (Å²) in [4.78, 5) is 17.0. The second-order valence-electron chi connectivity index (χ2n) is 6.46. The van der Waals surface area contributed by atoms with E-state index in [1.807, 2.05) is 22.1 Å². The van der Waals surface area contributed by atoms with Gasteiger partial charge < -0.3 is 0 Å². The average molecular weight is 398 g/mol. The zero-order chi connectivity index (χ0) is 18.8. The van der Waals surface area contributed by atoms with Gasteiger partial charge in [-0.25, -0.2) is 4.98 Å². The molecule has 6 nitrogen and oxygen atoms in total. The Hall–Kier alpha value is -2.58. The van der Waals surface area contributed by atoms with Gasteiger partial charge >= 0.3 is 0 Å². The molecule has 0 bridgehead atoms. The summed E-state index contributed by atoms with van der Waals surface area (Å²) in [7, 11) is 0. The number of thiazole rings is 1. The summed E-state index contributed by atoms with van der Waals surface area (Å²) in [5.74, 6) is 0.668. The van der Waals surface area contributed by atoms with E-state index in [4.69, 9.17) is 12.2 Å². The van der Waals surface area contributed by atoms with E-state index in [9.17, 15) is 4.79 Å². The summed E-state index contributed by atoms with van der Waals surface area (Å²) >= 11 is 6.63. The molecule has 0 unspecified atom stereocenters. The van der Waals surface area contributed by atoms with Gasteiger partial charge in [-0.3, -0.25) is 19.8 Å². The van der Waals surface area contributed by atoms with E-state index in [0.717, 1.165) is 24.4 Å². The van der Waals surface area contributed by atoms with Crippen molar-refractivity contribution < 1.29 is 4.79 Å². The molecular weight excluding hydrogens is 378 g/mol. The van der Waals surface area contributed by atoms with Crippen molar-refractivity contribution in [1.82, 2.24) is 19.7 Å². The zero-order valence-corrected chi connectivity index (χ0v) is 16.3. The molecule has 1 amide bonds. The third kappa shape index (κ3) is 3.77. The molecule has 3 aromatic rings. The van der Waals surface area contributed by atoms with E-state index in [-0.39, 0.29) is 5.91 Å². The van der Waals surface area contributed by atoms with Crippen LogP contribution < -0.4 is 5.32 Å². The highest BCUT2D eigenvalue weighted by molar-refractivity contribution is 7.71. The van der Waals surface area contributed by atoms with Gasteiger partial charge in [0.15, 0.2) is 9.90 Å². The number of carbonyl (C=O) groups excluding carboxylic acids is 1. The average Bonchev–Trinajstić information content (AvgIpc) is 3.38. The van der Waals surface area contributed by atoms with E-state index in [1.165, 1.54) is 28.9 Å². The van der Waals surface area contributed by atoms with E-state index < -0.39 is 0 Å². The van der Waals surface area contributed by atoms with Crippen molar-refractivity contribution in [3.8, 4) is 0 Å². The van der Waals surface area contributed by atoms with Crippen molar-refractivity contribution in [3.05, 3.63) is 69.2 Å². The van der Waals surface area contributed by atoms with Gasteiger partial charge in [-0.05, 0) is 54.7 Å². The predicted octanol–water partition coefficient (Wildman–Crippen LogP) is 3.91. The number of benzene rings is 1. The van der Waals surface area contributed by atoms with Gasteiger partial charge in [-0.2, -0.15) is 5.10 Å². The summed E-state index contributed by atoms with van der Waals surface area (Å²) in [5, 5.41) is 12.5. The first kappa shape index (κ1) is 17.8. The molecule has 0 saturated carbocycles. The highest BCUT2D eigenvalue weighted by atomic mass is 32.1. The van der Waals surface area contributed by atoms with Crippen LogP contribution in [0.5, 0.6) is 0 Å². The van der Waals surface area contributed by atoms with Crippen LogP contribution in [-0.2, 0) is 25.8 Å². The number of allylic oxidation sites excluding steroid dienone is 1. The fourth-order valence-electron chi connectivity index (χ4n) is 3.29. The van der Waals surface area contributed by atoms with E-state index in [1.54, 1.807) is 6.08 Å². The molecule has 0 aliphatic heterocycles. The number of fused-ring (bicyclic) bond motifs is 1. The molecule has 0 atom stereocenters. The highest BCUT2D eigenvalue weighted by Gasteiger charge is 2.15. The van der Waals surface area contributed by atoms with Crippen LogP contribution >= 0.6 is 23.6 Å². The molecule has 1 aliphatic rings. The maximum Gasteiger partial charge on any atom is 0.257 e. The number of nitrogens with one attached hydrogen (secondary N) is 2. The Morgan fingerprint density at radius 3 is 3.11 bits per heavy atom. The number of H-pyrrole nitrogens is 1. The van der Waals surface area contributed by atoms with Crippen molar-refractivity contribution in [2.24, 2.45) is 0 Å². The van der Waals surface area contributed by atoms with Crippen LogP contribution in [0.1, 0.15) is 39.4 Å². The number of anilines is 1. The summed E-state index contributed by atoms with van der Waals surface area (Å²) in [6.07, 6.45) is 5.64. The number of hydrogen-bond acceptors (Lipinski definition) is 5. The number of aromatic amines is 1. The number of carbonyl (C=O) groups is 1. The fraction of sp³-hybridized carbons (Fsp3) is 0.263. The minimum Gasteiger partial charge on any atom is -0.300 e. The van der Waals surface area contributed by atoms with Crippen LogP contribution in [0, 0.1) is 4.77 Å². The maximum absolute atomic E-state index is 12.5. The van der Waals surface area contributed by atoms with E-state index >= 15 is 0 Å². The predicted molar refractivity (Wildman–Crippen MR) is 109 cm³/mol. The number of amides is 1. The number of aryl methyl sites for hydroxylation is 2. The lowest BCUT2D eigenvalue weighted by atomic mass is 10.1. The molecular formula is C19H19N5OS2. The second kappa shape index (κ2) is 7.58. The molecule has 0 radical (unpaired) electrons. The number of hydrogen-bond donors (Lipinski definition) is 2.